The van der Waals surface area contributed by atoms with E-state index in [-0.39, 0.29) is 12.3 Å². The Hall–Kier alpha value is -2.53. The van der Waals surface area contributed by atoms with Crippen molar-refractivity contribution >= 4 is 17.8 Å². The number of allylic oxidation sites excluding steroid dienone is 1. The zero-order chi connectivity index (χ0) is 70.4. The summed E-state index contributed by atoms with van der Waals surface area (Å²) in [5, 5.41) is 136. The molecule has 3 rings (SSSR count). The van der Waals surface area contributed by atoms with Crippen molar-refractivity contribution < 1.29 is 104 Å². The van der Waals surface area contributed by atoms with E-state index in [0.717, 1.165) is 51.9 Å². The molecule has 96 heavy (non-hydrogen) atoms. The molecule has 3 aliphatic rings. The smallest absolute Gasteiger partial charge is 0.364 e. The SMILES string of the molecule is CCCCCCCCCCCCCCCCCCCCCCC/C=C/C(O)C(COC1OC(CO)C(OC2OC(CO)C(O)C(OC3(C(=O)O)CC(O)C(NC(C)=O)C(C(O)C(O)CO)O3)C2O)C(O)C1O)NC(=O)CCCCCCCCCCCCCCCCCCCCC. The number of carboxylic acid groups (broad SMARTS) is 1. The first-order valence-corrected chi connectivity index (χ1v) is 38.1. The zero-order valence-corrected chi connectivity index (χ0v) is 59.2. The predicted octanol–water partition coefficient (Wildman–Crippen LogP) is 8.63. The molecule has 3 fully saturated rings. The fourth-order valence-electron chi connectivity index (χ4n) is 13.4. The van der Waals surface area contributed by atoms with Crippen LogP contribution in [0.4, 0.5) is 0 Å². The minimum atomic E-state index is -3.08. The molecule has 3 heterocycles. The summed E-state index contributed by atoms with van der Waals surface area (Å²) in [5.41, 5.74) is 0. The summed E-state index contributed by atoms with van der Waals surface area (Å²) in [5.74, 6) is -6.13. The molecule has 0 aromatic rings. The van der Waals surface area contributed by atoms with Gasteiger partial charge in [-0.15, -0.1) is 0 Å². The van der Waals surface area contributed by atoms with Gasteiger partial charge in [0.15, 0.2) is 12.6 Å². The fraction of sp³-hybridized carbons (Fsp3) is 0.932. The van der Waals surface area contributed by atoms with Gasteiger partial charge in [-0.1, -0.05) is 270 Å². The van der Waals surface area contributed by atoms with Crippen LogP contribution in [0.5, 0.6) is 0 Å². The third-order valence-electron chi connectivity index (χ3n) is 19.5. The van der Waals surface area contributed by atoms with Gasteiger partial charge in [0, 0.05) is 19.8 Å². The lowest BCUT2D eigenvalue weighted by atomic mass is 9.88. The first kappa shape index (κ1) is 87.7. The van der Waals surface area contributed by atoms with Crippen molar-refractivity contribution in [3.05, 3.63) is 12.2 Å². The van der Waals surface area contributed by atoms with Crippen molar-refractivity contribution in [3.8, 4) is 0 Å². The van der Waals surface area contributed by atoms with Crippen molar-refractivity contribution in [2.75, 3.05) is 26.4 Å². The van der Waals surface area contributed by atoms with E-state index in [0.29, 0.717) is 12.8 Å². The molecule has 564 valence electrons. The Morgan fingerprint density at radius 1 is 0.542 bits per heavy atom. The normalized spacial score (nSPS) is 27.6. The van der Waals surface area contributed by atoms with Gasteiger partial charge in [-0.25, -0.2) is 4.79 Å². The van der Waals surface area contributed by atoms with Crippen molar-refractivity contribution in [2.24, 2.45) is 0 Å². The van der Waals surface area contributed by atoms with Crippen molar-refractivity contribution in [2.45, 2.75) is 407 Å². The number of hydrogen-bond donors (Lipinski definition) is 14. The van der Waals surface area contributed by atoms with Crippen LogP contribution in [0, 0.1) is 0 Å². The van der Waals surface area contributed by atoms with Crippen LogP contribution in [-0.4, -0.2) is 215 Å². The van der Waals surface area contributed by atoms with Crippen molar-refractivity contribution in [1.82, 2.24) is 10.6 Å². The molecular weight excluding hydrogens is 1240 g/mol. The molecule has 0 aromatic heterocycles. The number of aliphatic hydroxyl groups is 11. The Morgan fingerprint density at radius 3 is 1.39 bits per heavy atom. The summed E-state index contributed by atoms with van der Waals surface area (Å²) >= 11 is 0. The molecule has 2 amide bonds. The van der Waals surface area contributed by atoms with Gasteiger partial charge in [0.25, 0.3) is 5.79 Å². The predicted molar refractivity (Wildman–Crippen MR) is 366 cm³/mol. The molecule has 0 aromatic carbocycles. The molecule has 18 unspecified atom stereocenters. The minimum Gasteiger partial charge on any atom is -0.477 e. The number of carboxylic acids is 1. The number of hydrogen-bond acceptors (Lipinski definition) is 20. The third kappa shape index (κ3) is 34.4. The topological polar surface area (TPSA) is 373 Å². The maximum Gasteiger partial charge on any atom is 0.364 e. The summed E-state index contributed by atoms with van der Waals surface area (Å²) in [6, 6.07) is -2.61. The summed E-state index contributed by atoms with van der Waals surface area (Å²) < 4.78 is 34.9. The summed E-state index contributed by atoms with van der Waals surface area (Å²) in [7, 11) is 0. The van der Waals surface area contributed by atoms with E-state index in [2.05, 4.69) is 24.5 Å². The van der Waals surface area contributed by atoms with Crippen LogP contribution >= 0.6 is 0 Å². The van der Waals surface area contributed by atoms with E-state index < -0.39 is 155 Å². The van der Waals surface area contributed by atoms with E-state index in [1.165, 1.54) is 205 Å². The van der Waals surface area contributed by atoms with Gasteiger partial charge in [-0.05, 0) is 19.3 Å². The molecular formula is C73H136N2O21. The second-order valence-corrected chi connectivity index (χ2v) is 27.9. The average molecular weight is 1380 g/mol. The van der Waals surface area contributed by atoms with Crippen molar-refractivity contribution in [3.63, 3.8) is 0 Å². The molecule has 0 saturated carbocycles. The largest absolute Gasteiger partial charge is 0.477 e. The Morgan fingerprint density at radius 2 is 0.969 bits per heavy atom. The number of carbonyl (C=O) groups excluding carboxylic acids is 2. The lowest BCUT2D eigenvalue weighted by molar-refractivity contribution is -0.386. The van der Waals surface area contributed by atoms with Gasteiger partial charge in [-0.3, -0.25) is 9.59 Å². The molecule has 3 saturated heterocycles. The Labute approximate surface area is 575 Å². The zero-order valence-electron chi connectivity index (χ0n) is 59.2. The van der Waals surface area contributed by atoms with Gasteiger partial charge in [0.2, 0.25) is 11.8 Å². The Balaban J connectivity index is 1.56. The van der Waals surface area contributed by atoms with Gasteiger partial charge in [0.1, 0.15) is 67.1 Å². The molecule has 23 heteroatoms. The highest BCUT2D eigenvalue weighted by molar-refractivity contribution is 5.77. The Bertz CT molecular complexity index is 1980. The summed E-state index contributed by atoms with van der Waals surface area (Å²) in [6.07, 6.45) is 25.3. The molecule has 18 atom stereocenters. The van der Waals surface area contributed by atoms with E-state index in [9.17, 15) is 75.7 Å². The van der Waals surface area contributed by atoms with Gasteiger partial charge in [0.05, 0.1) is 50.7 Å². The molecule has 0 spiro atoms. The van der Waals surface area contributed by atoms with Crippen LogP contribution in [-0.2, 0) is 42.8 Å². The van der Waals surface area contributed by atoms with Crippen LogP contribution in [0.2, 0.25) is 0 Å². The maximum absolute atomic E-state index is 13.5. The van der Waals surface area contributed by atoms with E-state index in [4.69, 9.17) is 28.4 Å². The number of nitrogens with one attached hydrogen (secondary N) is 2. The lowest BCUT2D eigenvalue weighted by Gasteiger charge is -2.50. The van der Waals surface area contributed by atoms with Gasteiger partial charge < -0.3 is 100 Å². The van der Waals surface area contributed by atoms with Gasteiger partial charge >= 0.3 is 5.97 Å². The number of aliphatic hydroxyl groups excluding tert-OH is 11. The molecule has 3 aliphatic heterocycles. The molecule has 0 bridgehead atoms. The summed E-state index contributed by atoms with van der Waals surface area (Å²) in [4.78, 5) is 38.6. The molecule has 23 nitrogen and oxygen atoms in total. The molecule has 0 aliphatic carbocycles. The van der Waals surface area contributed by atoms with Crippen LogP contribution in [0.25, 0.3) is 0 Å². The number of ether oxygens (including phenoxy) is 6. The first-order chi connectivity index (χ1) is 46.4. The highest BCUT2D eigenvalue weighted by Crippen LogP contribution is 2.39. The van der Waals surface area contributed by atoms with E-state index >= 15 is 0 Å². The van der Waals surface area contributed by atoms with Crippen LogP contribution in [0.15, 0.2) is 12.2 Å². The Kier molecular flexibility index (Phi) is 48.7. The van der Waals surface area contributed by atoms with E-state index in [1.54, 1.807) is 6.08 Å². The highest BCUT2D eigenvalue weighted by atomic mass is 16.8. The maximum atomic E-state index is 13.5. The van der Waals surface area contributed by atoms with Gasteiger partial charge in [-0.2, -0.15) is 0 Å². The monoisotopic (exact) mass is 1380 g/mol. The average Bonchev–Trinajstić information content (AvgIpc) is 0.758. The standard InChI is InChI=1S/C73H136N2O21/c1-4-6-8-10-12-14-16-18-20-22-24-25-26-27-29-30-32-34-36-38-40-42-44-46-55(80)54(75-60(83)47-45-43-41-39-37-35-33-31-28-23-21-19-17-15-13-11-9-7-5-2)52-91-70-65(87)64(86)67(59(51-78)93-70)94-71-66(88)69(63(85)58(50-77)92-71)96-73(72(89)90)48-56(81)61(74-53(3)79)68(95-73)62(84)57(82)49-76/h44,46,54-59,61-71,76-78,80-82,84-88H,4-43,45,47-52H2,1-3H3,(H,74,79)(H,75,83)(H,89,90)/b46-44+. The second kappa shape index (κ2) is 53.3. The highest BCUT2D eigenvalue weighted by Gasteiger charge is 2.60. The van der Waals surface area contributed by atoms with E-state index in [1.807, 2.05) is 6.08 Å². The number of carbonyl (C=O) groups is 3. The van der Waals surface area contributed by atoms with Crippen LogP contribution in [0.1, 0.15) is 297 Å². The number of aliphatic carboxylic acids is 1. The summed E-state index contributed by atoms with van der Waals surface area (Å²) in [6.45, 7) is 2.18. The van der Waals surface area contributed by atoms with Crippen LogP contribution in [0.3, 0.4) is 0 Å². The quantitative estimate of drug-likeness (QED) is 0.0200. The van der Waals surface area contributed by atoms with Crippen molar-refractivity contribution in [1.29, 1.82) is 0 Å². The van der Waals surface area contributed by atoms with Crippen LogP contribution < -0.4 is 10.6 Å². The number of amides is 2. The second-order valence-electron chi connectivity index (χ2n) is 27.9. The fourth-order valence-corrected chi connectivity index (χ4v) is 13.4. The minimum absolute atomic E-state index is 0.205. The number of rotatable bonds is 59. The lowest BCUT2D eigenvalue weighted by Crippen LogP contribution is -2.70. The third-order valence-corrected chi connectivity index (χ3v) is 19.5. The molecule has 0 radical (unpaired) electrons. The first-order valence-electron chi connectivity index (χ1n) is 38.1. The number of unbranched alkanes of at least 4 members (excludes halogenated alkanes) is 39. The molecule has 14 N–H and O–H groups in total.